The van der Waals surface area contributed by atoms with E-state index in [9.17, 15) is 43.8 Å². The number of aliphatic hydroxyl groups is 1. The largest absolute Gasteiger partial charge is 0.481 e. The van der Waals surface area contributed by atoms with Crippen LogP contribution in [0.25, 0.3) is 0 Å². The number of carboxylic acid groups (broad SMARTS) is 2. The van der Waals surface area contributed by atoms with Gasteiger partial charge in [-0.2, -0.15) is 0 Å². The fourth-order valence-corrected chi connectivity index (χ4v) is 6.87. The van der Waals surface area contributed by atoms with E-state index in [1.807, 2.05) is 41.9 Å². The summed E-state index contributed by atoms with van der Waals surface area (Å²) >= 11 is 0. The van der Waals surface area contributed by atoms with Gasteiger partial charge in [-0.1, -0.05) is 69.9 Å². The van der Waals surface area contributed by atoms with E-state index in [2.05, 4.69) is 33.1 Å². The molecule has 57 heavy (non-hydrogen) atoms. The van der Waals surface area contributed by atoms with Crippen LogP contribution in [0, 0.1) is 5.92 Å². The third-order valence-corrected chi connectivity index (χ3v) is 9.91. The number of aryl methyl sites for hydroxylation is 2. The lowest BCUT2D eigenvalue weighted by Gasteiger charge is -2.28. The number of hydrogen-bond acceptors (Lipinski definition) is 9. The van der Waals surface area contributed by atoms with Gasteiger partial charge in [0.2, 0.25) is 29.5 Å². The molecule has 1 aliphatic rings. The van der Waals surface area contributed by atoms with Gasteiger partial charge in [0.05, 0.1) is 19.4 Å². The molecule has 1 fully saturated rings. The SMILES string of the molecule is CC(=O)N1CCC[C@H]1C(=O)N[C@@H](CC(C)C)C(=O)N[C@@H](Cc1cncn1CCCCCCCCc1ccccc1)C(=O)N[C@@H](CO)C(=O)N[C@@H](CC(=O)O)C(=O)O. The number of aliphatic carboxylic acids is 2. The molecule has 0 aliphatic carbocycles. The molecule has 1 aromatic heterocycles. The van der Waals surface area contributed by atoms with Crippen molar-refractivity contribution in [2.45, 2.75) is 135 Å². The van der Waals surface area contributed by atoms with E-state index in [1.165, 1.54) is 17.4 Å². The smallest absolute Gasteiger partial charge is 0.326 e. The number of carboxylic acids is 2. The molecule has 7 N–H and O–H groups in total. The number of carbonyl (C=O) groups is 7. The number of aromatic nitrogens is 2. The first-order chi connectivity index (χ1) is 27.2. The van der Waals surface area contributed by atoms with Crippen LogP contribution < -0.4 is 21.3 Å². The first-order valence-corrected chi connectivity index (χ1v) is 19.8. The molecule has 17 nitrogen and oxygen atoms in total. The van der Waals surface area contributed by atoms with Gasteiger partial charge in [0.25, 0.3) is 0 Å². The maximum Gasteiger partial charge on any atom is 0.326 e. The normalized spacial score (nSPS) is 15.9. The number of nitrogens with zero attached hydrogens (tertiary/aromatic N) is 3. The summed E-state index contributed by atoms with van der Waals surface area (Å²) in [7, 11) is 0. The van der Waals surface area contributed by atoms with Crippen LogP contribution in [0.5, 0.6) is 0 Å². The number of hydrogen-bond donors (Lipinski definition) is 7. The number of aliphatic hydroxyl groups excluding tert-OH is 1. The zero-order valence-corrected chi connectivity index (χ0v) is 33.2. The Morgan fingerprint density at radius 1 is 0.807 bits per heavy atom. The molecule has 5 atom stereocenters. The van der Waals surface area contributed by atoms with Crippen molar-refractivity contribution in [3.05, 3.63) is 54.1 Å². The predicted molar refractivity (Wildman–Crippen MR) is 208 cm³/mol. The number of likely N-dealkylation sites (tertiary alicyclic amines) is 1. The summed E-state index contributed by atoms with van der Waals surface area (Å²) in [5, 5.41) is 38.3. The van der Waals surface area contributed by atoms with Gasteiger partial charge in [-0.15, -0.1) is 0 Å². The molecule has 1 saturated heterocycles. The molecule has 0 unspecified atom stereocenters. The molecule has 2 heterocycles. The summed E-state index contributed by atoms with van der Waals surface area (Å²) in [6.45, 7) is 5.13. The monoisotopic (exact) mass is 797 g/mol. The number of unbranched alkanes of at least 4 members (excludes halogenated alkanes) is 5. The number of nitrogens with one attached hydrogen (secondary N) is 4. The minimum absolute atomic E-state index is 0.0680. The molecule has 2 aromatic rings. The molecule has 17 heteroatoms. The Kier molecular flexibility index (Phi) is 19.1. The fourth-order valence-electron chi connectivity index (χ4n) is 6.87. The lowest BCUT2D eigenvalue weighted by molar-refractivity contribution is -0.147. The van der Waals surface area contributed by atoms with E-state index in [-0.39, 0.29) is 24.7 Å². The van der Waals surface area contributed by atoms with Gasteiger partial charge >= 0.3 is 11.9 Å². The van der Waals surface area contributed by atoms with Crippen molar-refractivity contribution in [2.75, 3.05) is 13.2 Å². The van der Waals surface area contributed by atoms with E-state index in [0.29, 0.717) is 31.6 Å². The lowest BCUT2D eigenvalue weighted by Crippen LogP contribution is -2.60. The zero-order chi connectivity index (χ0) is 41.9. The van der Waals surface area contributed by atoms with Gasteiger partial charge in [-0.05, 0) is 50.0 Å². The Labute approximate surface area is 333 Å². The standard InChI is InChI=1S/C40H59N7O10/c1-26(2)20-30(43-39(55)34-17-13-19-47(34)27(3)49)36(52)42-31(37(53)45-33(24-48)38(54)44-32(40(56)57)22-35(50)51)21-29-23-41-25-46(29)18-12-7-5-4-6-9-14-28-15-10-8-11-16-28/h8,10-11,15-16,23,25-26,30-34,48H,4-7,9,12-14,17-22,24H2,1-3H3,(H,42,52)(H,43,55)(H,44,54)(H,45,53)(H,50,51)(H,56,57)/t30-,31-,32-,33-,34-/m0/s1. The van der Waals surface area contributed by atoms with Crippen molar-refractivity contribution in [2.24, 2.45) is 5.92 Å². The van der Waals surface area contributed by atoms with Crippen molar-refractivity contribution in [3.8, 4) is 0 Å². The highest BCUT2D eigenvalue weighted by atomic mass is 16.4. The summed E-state index contributed by atoms with van der Waals surface area (Å²) in [4.78, 5) is 94.7. The molecule has 1 aliphatic heterocycles. The molecule has 0 spiro atoms. The van der Waals surface area contributed by atoms with Crippen molar-refractivity contribution in [1.82, 2.24) is 35.7 Å². The van der Waals surface area contributed by atoms with Crippen molar-refractivity contribution in [3.63, 3.8) is 0 Å². The molecule has 5 amide bonds. The molecule has 314 valence electrons. The van der Waals surface area contributed by atoms with Crippen LogP contribution in [0.4, 0.5) is 0 Å². The maximum atomic E-state index is 13.9. The van der Waals surface area contributed by atoms with Crippen molar-refractivity contribution >= 4 is 41.5 Å². The molecule has 3 rings (SSSR count). The Morgan fingerprint density at radius 2 is 1.42 bits per heavy atom. The highest BCUT2D eigenvalue weighted by molar-refractivity contribution is 5.96. The Morgan fingerprint density at radius 3 is 2.05 bits per heavy atom. The maximum absolute atomic E-state index is 13.9. The number of carbonyl (C=O) groups excluding carboxylic acids is 5. The molecule has 0 radical (unpaired) electrons. The number of benzene rings is 1. The predicted octanol–water partition coefficient (Wildman–Crippen LogP) is 1.56. The van der Waals surface area contributed by atoms with E-state index >= 15 is 0 Å². The minimum atomic E-state index is -1.83. The minimum Gasteiger partial charge on any atom is -0.481 e. The summed E-state index contributed by atoms with van der Waals surface area (Å²) in [5.41, 5.74) is 1.92. The van der Waals surface area contributed by atoms with Crippen LogP contribution in [0.15, 0.2) is 42.9 Å². The Balaban J connectivity index is 1.73. The zero-order valence-electron chi connectivity index (χ0n) is 33.2. The molecule has 1 aromatic carbocycles. The van der Waals surface area contributed by atoms with E-state index in [1.54, 1.807) is 12.5 Å². The van der Waals surface area contributed by atoms with E-state index in [4.69, 9.17) is 5.11 Å². The molecule has 0 saturated carbocycles. The van der Waals surface area contributed by atoms with Gasteiger partial charge < -0.3 is 46.1 Å². The van der Waals surface area contributed by atoms with Crippen LogP contribution in [-0.4, -0.2) is 115 Å². The van der Waals surface area contributed by atoms with Crippen molar-refractivity contribution in [1.29, 1.82) is 0 Å². The third-order valence-electron chi connectivity index (χ3n) is 9.91. The third kappa shape index (κ3) is 15.6. The molecular weight excluding hydrogens is 738 g/mol. The van der Waals surface area contributed by atoms with Crippen LogP contribution in [0.2, 0.25) is 0 Å². The van der Waals surface area contributed by atoms with E-state index in [0.717, 1.165) is 44.9 Å². The number of rotatable bonds is 25. The summed E-state index contributed by atoms with van der Waals surface area (Å²) in [6, 6.07) is 3.64. The fraction of sp³-hybridized carbons (Fsp3) is 0.600. The Hall–Kier alpha value is -5.32. The topological polar surface area (TPSA) is 249 Å². The Bertz CT molecular complexity index is 1650. The second-order valence-electron chi connectivity index (χ2n) is 15.0. The lowest BCUT2D eigenvalue weighted by atomic mass is 10.0. The quantitative estimate of drug-likeness (QED) is 0.0711. The summed E-state index contributed by atoms with van der Waals surface area (Å²) < 4.78 is 1.87. The highest BCUT2D eigenvalue weighted by Crippen LogP contribution is 2.19. The first-order valence-electron chi connectivity index (χ1n) is 19.8. The van der Waals surface area contributed by atoms with Gasteiger partial charge in [0.15, 0.2) is 0 Å². The summed E-state index contributed by atoms with van der Waals surface area (Å²) in [6.07, 6.45) is 10.6. The van der Waals surface area contributed by atoms with Gasteiger partial charge in [-0.25, -0.2) is 9.78 Å². The van der Waals surface area contributed by atoms with Crippen LogP contribution in [-0.2, 0) is 52.9 Å². The average molecular weight is 798 g/mol. The molecular formula is C40H59N7O10. The van der Waals surface area contributed by atoms with Crippen LogP contribution in [0.3, 0.4) is 0 Å². The van der Waals surface area contributed by atoms with Crippen molar-refractivity contribution < 1.29 is 48.9 Å². The van der Waals surface area contributed by atoms with Gasteiger partial charge in [0, 0.05) is 38.3 Å². The number of amides is 5. The second-order valence-corrected chi connectivity index (χ2v) is 15.0. The first kappa shape index (κ1) is 46.1. The molecule has 0 bridgehead atoms. The van der Waals surface area contributed by atoms with Crippen LogP contribution in [0.1, 0.15) is 96.2 Å². The number of imidazole rings is 1. The second kappa shape index (κ2) is 23.7. The average Bonchev–Trinajstić information content (AvgIpc) is 3.84. The van der Waals surface area contributed by atoms with Gasteiger partial charge in [0.1, 0.15) is 30.2 Å². The highest BCUT2D eigenvalue weighted by Gasteiger charge is 2.36. The van der Waals surface area contributed by atoms with Gasteiger partial charge in [-0.3, -0.25) is 28.8 Å². The van der Waals surface area contributed by atoms with Crippen LogP contribution >= 0.6 is 0 Å². The van der Waals surface area contributed by atoms with E-state index < -0.39 is 78.8 Å². The summed E-state index contributed by atoms with van der Waals surface area (Å²) in [5.74, 6) is -6.69.